The fourth-order valence-corrected chi connectivity index (χ4v) is 4.75. The van der Waals surface area contributed by atoms with Gasteiger partial charge in [0.1, 0.15) is 5.82 Å². The number of fused-ring (bicyclic) bond motifs is 5. The predicted octanol–water partition coefficient (Wildman–Crippen LogP) is 3.63. The molecule has 96 valence electrons. The zero-order valence-corrected chi connectivity index (χ0v) is 11.6. The van der Waals surface area contributed by atoms with Gasteiger partial charge in [-0.15, -0.1) is 0 Å². The first-order valence-electron chi connectivity index (χ1n) is 6.66. The lowest BCUT2D eigenvalue weighted by molar-refractivity contribution is 0.456. The van der Waals surface area contributed by atoms with Crippen LogP contribution in [0.15, 0.2) is 16.6 Å². The van der Waals surface area contributed by atoms with Gasteiger partial charge in [0.15, 0.2) is 0 Å². The first-order valence-corrected chi connectivity index (χ1v) is 7.45. The minimum atomic E-state index is -0.250. The fraction of sp³-hybridized carbons (Fsp3) is 0.571. The Labute approximate surface area is 114 Å². The van der Waals surface area contributed by atoms with E-state index in [1.54, 1.807) is 6.07 Å². The topological polar surface area (TPSA) is 38.0 Å². The molecule has 3 fully saturated rings. The molecule has 4 unspecified atom stereocenters. The fourth-order valence-electron chi connectivity index (χ4n) is 4.39. The summed E-state index contributed by atoms with van der Waals surface area (Å²) in [6, 6.07) is 3.69. The zero-order chi connectivity index (χ0) is 12.4. The largest absolute Gasteiger partial charge is 0.397 e. The molecule has 4 rings (SSSR count). The molecule has 0 aromatic heterocycles. The van der Waals surface area contributed by atoms with Crippen molar-refractivity contribution in [3.8, 4) is 0 Å². The molecule has 1 aromatic rings. The summed E-state index contributed by atoms with van der Waals surface area (Å²) in [6.45, 7) is 0. The first-order chi connectivity index (χ1) is 8.65. The molecule has 18 heavy (non-hydrogen) atoms. The third-order valence-corrected chi connectivity index (χ3v) is 5.76. The van der Waals surface area contributed by atoms with E-state index in [0.717, 1.165) is 29.4 Å². The van der Waals surface area contributed by atoms with Crippen LogP contribution in [-0.4, -0.2) is 6.04 Å². The van der Waals surface area contributed by atoms with E-state index in [2.05, 4.69) is 21.2 Å². The molecule has 3 N–H and O–H groups in total. The summed E-state index contributed by atoms with van der Waals surface area (Å²) in [5.74, 6) is 3.24. The van der Waals surface area contributed by atoms with Crippen LogP contribution in [0, 0.1) is 29.5 Å². The van der Waals surface area contributed by atoms with Gasteiger partial charge in [0, 0.05) is 12.1 Å². The second-order valence-corrected chi connectivity index (χ2v) is 6.87. The molecule has 3 saturated carbocycles. The monoisotopic (exact) mass is 310 g/mol. The molecule has 4 atom stereocenters. The van der Waals surface area contributed by atoms with Crippen molar-refractivity contribution in [1.82, 2.24) is 0 Å². The van der Waals surface area contributed by atoms with Gasteiger partial charge in [0.25, 0.3) is 0 Å². The average molecular weight is 311 g/mol. The number of hydrogen-bond acceptors (Lipinski definition) is 2. The summed E-state index contributed by atoms with van der Waals surface area (Å²) >= 11 is 3.16. The predicted molar refractivity (Wildman–Crippen MR) is 73.7 cm³/mol. The molecule has 2 bridgehead atoms. The molecule has 0 aliphatic heterocycles. The molecule has 2 nitrogen and oxygen atoms in total. The number of anilines is 2. The number of benzene rings is 1. The van der Waals surface area contributed by atoms with Gasteiger partial charge in [-0.1, -0.05) is 0 Å². The van der Waals surface area contributed by atoms with Gasteiger partial charge in [-0.05, 0) is 64.9 Å². The van der Waals surface area contributed by atoms with Crippen molar-refractivity contribution >= 4 is 27.3 Å². The van der Waals surface area contributed by atoms with Gasteiger partial charge in [-0.2, -0.15) is 0 Å². The quantitative estimate of drug-likeness (QED) is 0.819. The van der Waals surface area contributed by atoms with Crippen LogP contribution in [0.2, 0.25) is 0 Å². The van der Waals surface area contributed by atoms with Gasteiger partial charge >= 0.3 is 0 Å². The van der Waals surface area contributed by atoms with Gasteiger partial charge in [-0.3, -0.25) is 0 Å². The van der Waals surface area contributed by atoms with Crippen molar-refractivity contribution in [2.24, 2.45) is 23.7 Å². The maximum absolute atomic E-state index is 13.5. The van der Waals surface area contributed by atoms with Gasteiger partial charge in [0.05, 0.1) is 15.8 Å². The Hall–Kier alpha value is -0.770. The molecular weight excluding hydrogens is 295 g/mol. The summed E-state index contributed by atoms with van der Waals surface area (Å²) in [4.78, 5) is 0. The molecule has 1 aromatic carbocycles. The highest BCUT2D eigenvalue weighted by molar-refractivity contribution is 9.10. The first kappa shape index (κ1) is 11.1. The lowest BCUT2D eigenvalue weighted by atomic mass is 10.0. The Morgan fingerprint density at radius 2 is 1.89 bits per heavy atom. The van der Waals surface area contributed by atoms with Crippen molar-refractivity contribution in [3.63, 3.8) is 0 Å². The maximum Gasteiger partial charge on any atom is 0.139 e. The Morgan fingerprint density at radius 3 is 2.56 bits per heavy atom. The third-order valence-electron chi connectivity index (χ3n) is 5.15. The highest BCUT2D eigenvalue weighted by Crippen LogP contribution is 2.66. The van der Waals surface area contributed by atoms with Gasteiger partial charge in [0.2, 0.25) is 0 Å². The molecule has 0 amide bonds. The molecule has 3 aliphatic rings. The van der Waals surface area contributed by atoms with E-state index in [1.807, 2.05) is 0 Å². The molecule has 3 aliphatic carbocycles. The summed E-state index contributed by atoms with van der Waals surface area (Å²) in [5, 5.41) is 3.47. The Kier molecular flexibility index (Phi) is 2.23. The van der Waals surface area contributed by atoms with Crippen LogP contribution in [0.5, 0.6) is 0 Å². The summed E-state index contributed by atoms with van der Waals surface area (Å²) in [7, 11) is 0. The minimum absolute atomic E-state index is 0.250. The molecule has 0 saturated heterocycles. The van der Waals surface area contributed by atoms with Crippen LogP contribution < -0.4 is 11.1 Å². The zero-order valence-electron chi connectivity index (χ0n) is 10.00. The standard InChI is InChI=1S/C14H16BrFN2/c15-8-4-10(17)11(5-9(8)16)18-14-12-6-1-2-7(3-6)13(12)14/h4-7,12-14,18H,1-3,17H2. The highest BCUT2D eigenvalue weighted by Gasteiger charge is 2.65. The SMILES string of the molecule is Nc1cc(Br)c(F)cc1NC1C2C3CCC(C3)C12. The molecular formula is C14H16BrFN2. The van der Waals surface area contributed by atoms with Crippen molar-refractivity contribution in [1.29, 1.82) is 0 Å². The normalized spacial score (nSPS) is 39.8. The lowest BCUT2D eigenvalue weighted by Gasteiger charge is -2.14. The van der Waals surface area contributed by atoms with Crippen molar-refractivity contribution in [3.05, 3.63) is 22.4 Å². The lowest BCUT2D eigenvalue weighted by Crippen LogP contribution is -2.14. The number of rotatable bonds is 2. The highest BCUT2D eigenvalue weighted by atomic mass is 79.9. The molecule has 4 heteroatoms. The van der Waals surface area contributed by atoms with Crippen LogP contribution >= 0.6 is 15.9 Å². The van der Waals surface area contributed by atoms with Crippen molar-refractivity contribution in [2.45, 2.75) is 25.3 Å². The van der Waals surface area contributed by atoms with Crippen molar-refractivity contribution in [2.75, 3.05) is 11.1 Å². The van der Waals surface area contributed by atoms with E-state index >= 15 is 0 Å². The van der Waals surface area contributed by atoms with E-state index in [1.165, 1.54) is 25.3 Å². The molecule has 0 spiro atoms. The minimum Gasteiger partial charge on any atom is -0.397 e. The summed E-state index contributed by atoms with van der Waals surface area (Å²) in [5.41, 5.74) is 7.33. The summed E-state index contributed by atoms with van der Waals surface area (Å²) < 4.78 is 14.0. The Balaban J connectivity index is 1.55. The Bertz CT molecular complexity index is 503. The van der Waals surface area contributed by atoms with E-state index in [9.17, 15) is 4.39 Å². The Morgan fingerprint density at radius 1 is 1.22 bits per heavy atom. The van der Waals surface area contributed by atoms with Crippen LogP contribution in [0.3, 0.4) is 0 Å². The molecule has 0 heterocycles. The number of halogens is 2. The number of hydrogen-bond donors (Lipinski definition) is 2. The second kappa shape index (κ2) is 3.62. The second-order valence-electron chi connectivity index (χ2n) is 6.01. The maximum atomic E-state index is 13.5. The van der Waals surface area contributed by atoms with Crippen LogP contribution in [0.1, 0.15) is 19.3 Å². The van der Waals surface area contributed by atoms with E-state index < -0.39 is 0 Å². The van der Waals surface area contributed by atoms with E-state index in [-0.39, 0.29) is 5.82 Å². The smallest absolute Gasteiger partial charge is 0.139 e. The number of nitrogens with two attached hydrogens (primary N) is 1. The van der Waals surface area contributed by atoms with E-state index in [0.29, 0.717) is 16.2 Å². The third kappa shape index (κ3) is 1.44. The number of nitrogen functional groups attached to an aromatic ring is 1. The summed E-state index contributed by atoms with van der Waals surface area (Å²) in [6.07, 6.45) is 4.22. The van der Waals surface area contributed by atoms with E-state index in [4.69, 9.17) is 5.73 Å². The van der Waals surface area contributed by atoms with Crippen LogP contribution in [0.4, 0.5) is 15.8 Å². The van der Waals surface area contributed by atoms with Crippen molar-refractivity contribution < 1.29 is 4.39 Å². The molecule has 0 radical (unpaired) electrons. The van der Waals surface area contributed by atoms with Gasteiger partial charge < -0.3 is 11.1 Å². The van der Waals surface area contributed by atoms with Crippen LogP contribution in [-0.2, 0) is 0 Å². The van der Waals surface area contributed by atoms with Gasteiger partial charge in [-0.25, -0.2) is 4.39 Å². The van der Waals surface area contributed by atoms with Crippen LogP contribution in [0.25, 0.3) is 0 Å². The average Bonchev–Trinajstić information content (AvgIpc) is 2.72. The number of nitrogens with one attached hydrogen (secondary N) is 1.